The summed E-state index contributed by atoms with van der Waals surface area (Å²) in [6.45, 7) is 7.53. The Morgan fingerprint density at radius 3 is 2.62 bits per heavy atom. The Morgan fingerprint density at radius 1 is 1.44 bits per heavy atom. The van der Waals surface area contributed by atoms with Crippen LogP contribution in [0.2, 0.25) is 0 Å². The molecule has 1 rings (SSSR count). The normalized spacial score (nSPS) is 10.8. The molecule has 16 heavy (non-hydrogen) atoms. The van der Waals surface area contributed by atoms with Crippen molar-refractivity contribution in [3.05, 3.63) is 11.9 Å². The summed E-state index contributed by atoms with van der Waals surface area (Å²) in [4.78, 5) is 10.6. The SMILES string of the molecule is CCN(CCO)c1cc(N)nc(C(C)C)n1. The molecule has 0 aliphatic heterocycles. The molecule has 1 aromatic heterocycles. The Bertz CT molecular complexity index is 341. The third-order valence-electron chi connectivity index (χ3n) is 2.34. The number of nitrogens with zero attached hydrogens (tertiary/aromatic N) is 3. The first-order chi connectivity index (χ1) is 7.58. The first kappa shape index (κ1) is 12.7. The van der Waals surface area contributed by atoms with Crippen LogP contribution in [0.4, 0.5) is 11.6 Å². The molecule has 0 aliphatic carbocycles. The van der Waals surface area contributed by atoms with Gasteiger partial charge in [0.1, 0.15) is 17.5 Å². The summed E-state index contributed by atoms with van der Waals surface area (Å²) in [6, 6.07) is 1.74. The fourth-order valence-corrected chi connectivity index (χ4v) is 1.45. The summed E-state index contributed by atoms with van der Waals surface area (Å²) in [5, 5.41) is 8.96. The highest BCUT2D eigenvalue weighted by atomic mass is 16.3. The van der Waals surface area contributed by atoms with Crippen molar-refractivity contribution >= 4 is 11.6 Å². The molecule has 0 radical (unpaired) electrons. The summed E-state index contributed by atoms with van der Waals surface area (Å²) < 4.78 is 0. The highest BCUT2D eigenvalue weighted by molar-refractivity contribution is 5.47. The van der Waals surface area contributed by atoms with Crippen molar-refractivity contribution in [1.82, 2.24) is 9.97 Å². The molecular weight excluding hydrogens is 204 g/mol. The van der Waals surface area contributed by atoms with E-state index in [-0.39, 0.29) is 12.5 Å². The van der Waals surface area contributed by atoms with Crippen molar-refractivity contribution in [2.75, 3.05) is 30.3 Å². The van der Waals surface area contributed by atoms with Crippen LogP contribution in [-0.4, -0.2) is 34.8 Å². The topological polar surface area (TPSA) is 75.3 Å². The highest BCUT2D eigenvalue weighted by Gasteiger charge is 2.10. The van der Waals surface area contributed by atoms with E-state index in [0.717, 1.165) is 18.2 Å². The van der Waals surface area contributed by atoms with Crippen LogP contribution in [0.1, 0.15) is 32.5 Å². The summed E-state index contributed by atoms with van der Waals surface area (Å²) >= 11 is 0. The van der Waals surface area contributed by atoms with Crippen molar-refractivity contribution in [2.45, 2.75) is 26.7 Å². The minimum atomic E-state index is 0.106. The lowest BCUT2D eigenvalue weighted by Crippen LogP contribution is -2.27. The number of aliphatic hydroxyl groups excluding tert-OH is 1. The number of anilines is 2. The van der Waals surface area contributed by atoms with E-state index in [9.17, 15) is 0 Å². The fourth-order valence-electron chi connectivity index (χ4n) is 1.45. The molecule has 0 aliphatic rings. The molecule has 0 fully saturated rings. The van der Waals surface area contributed by atoms with E-state index in [1.165, 1.54) is 0 Å². The zero-order chi connectivity index (χ0) is 12.1. The maximum atomic E-state index is 8.96. The van der Waals surface area contributed by atoms with Gasteiger partial charge < -0.3 is 15.7 Å². The number of hydrogen-bond donors (Lipinski definition) is 2. The summed E-state index contributed by atoms with van der Waals surface area (Å²) in [5.74, 6) is 2.25. The van der Waals surface area contributed by atoms with Gasteiger partial charge in [-0.25, -0.2) is 9.97 Å². The Morgan fingerprint density at radius 2 is 2.12 bits per heavy atom. The van der Waals surface area contributed by atoms with Gasteiger partial charge >= 0.3 is 0 Å². The Kier molecular flexibility index (Phi) is 4.49. The van der Waals surface area contributed by atoms with E-state index in [1.54, 1.807) is 6.07 Å². The Hall–Kier alpha value is -1.36. The largest absolute Gasteiger partial charge is 0.395 e. The van der Waals surface area contributed by atoms with Gasteiger partial charge in [-0.2, -0.15) is 0 Å². The average Bonchev–Trinajstić information content (AvgIpc) is 2.24. The van der Waals surface area contributed by atoms with Gasteiger partial charge in [0, 0.05) is 25.1 Å². The van der Waals surface area contributed by atoms with Crippen LogP contribution in [0.5, 0.6) is 0 Å². The van der Waals surface area contributed by atoms with Crippen LogP contribution in [0, 0.1) is 0 Å². The smallest absolute Gasteiger partial charge is 0.135 e. The van der Waals surface area contributed by atoms with Gasteiger partial charge in [-0.3, -0.25) is 0 Å². The number of hydrogen-bond acceptors (Lipinski definition) is 5. The Labute approximate surface area is 96.3 Å². The van der Waals surface area contributed by atoms with Gasteiger partial charge in [0.25, 0.3) is 0 Å². The second-order valence-corrected chi connectivity index (χ2v) is 3.97. The minimum absolute atomic E-state index is 0.106. The second kappa shape index (κ2) is 5.65. The fraction of sp³-hybridized carbons (Fsp3) is 0.636. The molecule has 1 heterocycles. The molecule has 0 spiro atoms. The lowest BCUT2D eigenvalue weighted by Gasteiger charge is -2.21. The summed E-state index contributed by atoms with van der Waals surface area (Å²) in [7, 11) is 0. The lowest BCUT2D eigenvalue weighted by atomic mass is 10.2. The standard InChI is InChI=1S/C11H20N4O/c1-4-15(5-6-16)10-7-9(12)13-11(14-10)8(2)3/h7-8,16H,4-6H2,1-3H3,(H2,12,13,14). The van der Waals surface area contributed by atoms with Gasteiger partial charge in [-0.05, 0) is 6.92 Å². The van der Waals surface area contributed by atoms with E-state index in [0.29, 0.717) is 12.4 Å². The maximum Gasteiger partial charge on any atom is 0.135 e. The number of rotatable bonds is 5. The predicted molar refractivity (Wildman–Crippen MR) is 65.5 cm³/mol. The quantitative estimate of drug-likeness (QED) is 0.780. The van der Waals surface area contributed by atoms with Crippen molar-refractivity contribution < 1.29 is 5.11 Å². The molecule has 0 saturated carbocycles. The number of nitrogens with two attached hydrogens (primary N) is 1. The Balaban J connectivity index is 3.02. The average molecular weight is 224 g/mol. The first-order valence-electron chi connectivity index (χ1n) is 5.58. The highest BCUT2D eigenvalue weighted by Crippen LogP contribution is 2.18. The van der Waals surface area contributed by atoms with Crippen LogP contribution in [0.15, 0.2) is 6.07 Å². The van der Waals surface area contributed by atoms with E-state index in [1.807, 2.05) is 25.7 Å². The molecular formula is C11H20N4O. The molecule has 0 unspecified atom stereocenters. The second-order valence-electron chi connectivity index (χ2n) is 3.97. The van der Waals surface area contributed by atoms with Gasteiger partial charge in [0.2, 0.25) is 0 Å². The molecule has 3 N–H and O–H groups in total. The van der Waals surface area contributed by atoms with Gasteiger partial charge in [0.05, 0.1) is 6.61 Å². The number of aromatic nitrogens is 2. The zero-order valence-electron chi connectivity index (χ0n) is 10.1. The molecule has 5 heteroatoms. The summed E-state index contributed by atoms with van der Waals surface area (Å²) in [6.07, 6.45) is 0. The van der Waals surface area contributed by atoms with E-state index in [2.05, 4.69) is 9.97 Å². The molecule has 0 aromatic carbocycles. The number of likely N-dealkylation sites (N-methyl/N-ethyl adjacent to an activating group) is 1. The predicted octanol–water partition coefficient (Wildman–Crippen LogP) is 1.00. The monoisotopic (exact) mass is 224 g/mol. The van der Waals surface area contributed by atoms with Crippen LogP contribution in [-0.2, 0) is 0 Å². The summed E-state index contributed by atoms with van der Waals surface area (Å²) in [5.41, 5.74) is 5.75. The molecule has 5 nitrogen and oxygen atoms in total. The van der Waals surface area contributed by atoms with Gasteiger partial charge in [0.15, 0.2) is 0 Å². The van der Waals surface area contributed by atoms with E-state index < -0.39 is 0 Å². The zero-order valence-corrected chi connectivity index (χ0v) is 10.1. The molecule has 0 amide bonds. The van der Waals surface area contributed by atoms with Crippen LogP contribution < -0.4 is 10.6 Å². The maximum absolute atomic E-state index is 8.96. The molecule has 0 atom stereocenters. The number of aliphatic hydroxyl groups is 1. The van der Waals surface area contributed by atoms with Crippen molar-refractivity contribution in [2.24, 2.45) is 0 Å². The van der Waals surface area contributed by atoms with Crippen molar-refractivity contribution in [3.8, 4) is 0 Å². The number of nitrogen functional groups attached to an aromatic ring is 1. The molecule has 0 bridgehead atoms. The van der Waals surface area contributed by atoms with E-state index in [4.69, 9.17) is 10.8 Å². The first-order valence-corrected chi connectivity index (χ1v) is 5.58. The van der Waals surface area contributed by atoms with Crippen LogP contribution in [0.25, 0.3) is 0 Å². The van der Waals surface area contributed by atoms with Gasteiger partial charge in [-0.1, -0.05) is 13.8 Å². The third kappa shape index (κ3) is 3.06. The van der Waals surface area contributed by atoms with Crippen LogP contribution >= 0.6 is 0 Å². The molecule has 1 aromatic rings. The van der Waals surface area contributed by atoms with Gasteiger partial charge in [-0.15, -0.1) is 0 Å². The lowest BCUT2D eigenvalue weighted by molar-refractivity contribution is 0.302. The third-order valence-corrected chi connectivity index (χ3v) is 2.34. The van der Waals surface area contributed by atoms with Crippen LogP contribution in [0.3, 0.4) is 0 Å². The minimum Gasteiger partial charge on any atom is -0.395 e. The van der Waals surface area contributed by atoms with Crippen molar-refractivity contribution in [1.29, 1.82) is 0 Å². The molecule has 0 saturated heterocycles. The van der Waals surface area contributed by atoms with E-state index >= 15 is 0 Å². The molecule has 90 valence electrons. The van der Waals surface area contributed by atoms with Crippen molar-refractivity contribution in [3.63, 3.8) is 0 Å².